The van der Waals surface area contributed by atoms with Gasteiger partial charge in [-0.2, -0.15) is 0 Å². The third-order valence-electron chi connectivity index (χ3n) is 4.38. The number of likely N-dealkylation sites (tertiary alicyclic amines) is 1. The van der Waals surface area contributed by atoms with E-state index in [9.17, 15) is 9.59 Å². The first kappa shape index (κ1) is 15.1. The fourth-order valence-corrected chi connectivity index (χ4v) is 3.13. The molecule has 2 aliphatic rings. The van der Waals surface area contributed by atoms with E-state index in [2.05, 4.69) is 0 Å². The summed E-state index contributed by atoms with van der Waals surface area (Å²) in [6, 6.07) is 3.71. The molecule has 2 fully saturated rings. The number of carbonyl (C=O) groups is 2. The Hall–Kier alpha value is -1.82. The maximum Gasteiger partial charge on any atom is 0.228 e. The van der Waals surface area contributed by atoms with Crippen LogP contribution in [0.3, 0.4) is 0 Å². The van der Waals surface area contributed by atoms with E-state index < -0.39 is 0 Å². The Labute approximate surface area is 130 Å². The molecule has 2 amide bonds. The molecule has 0 unspecified atom stereocenters. The fraction of sp³-hybridized carbons (Fsp3) is 0.625. The lowest BCUT2D eigenvalue weighted by Gasteiger charge is -2.38. The fourth-order valence-electron chi connectivity index (χ4n) is 3.13. The van der Waals surface area contributed by atoms with Crippen molar-refractivity contribution < 1.29 is 18.7 Å². The normalized spacial score (nSPS) is 29.2. The van der Waals surface area contributed by atoms with Crippen LogP contribution in [-0.4, -0.2) is 53.5 Å². The van der Waals surface area contributed by atoms with Gasteiger partial charge in [0.2, 0.25) is 11.8 Å². The van der Waals surface area contributed by atoms with Gasteiger partial charge in [-0.3, -0.25) is 9.59 Å². The predicted octanol–water partition coefficient (Wildman–Crippen LogP) is 1.26. The van der Waals surface area contributed by atoms with Gasteiger partial charge in [-0.25, -0.2) is 0 Å². The Morgan fingerprint density at radius 2 is 2.18 bits per heavy atom. The molecule has 0 N–H and O–H groups in total. The van der Waals surface area contributed by atoms with Gasteiger partial charge in [0, 0.05) is 19.5 Å². The number of ether oxygens (including phenoxy) is 1. The third-order valence-corrected chi connectivity index (χ3v) is 4.38. The summed E-state index contributed by atoms with van der Waals surface area (Å²) in [5.41, 5.74) is 0. The zero-order valence-corrected chi connectivity index (χ0v) is 13.0. The summed E-state index contributed by atoms with van der Waals surface area (Å²) < 4.78 is 10.8. The largest absolute Gasteiger partial charge is 0.467 e. The molecule has 6 heteroatoms. The van der Waals surface area contributed by atoms with E-state index in [1.54, 1.807) is 17.2 Å². The summed E-state index contributed by atoms with van der Waals surface area (Å²) in [6.45, 7) is 6.02. The lowest BCUT2D eigenvalue weighted by Crippen LogP contribution is -2.52. The van der Waals surface area contributed by atoms with Crippen molar-refractivity contribution in [2.24, 2.45) is 5.92 Å². The van der Waals surface area contributed by atoms with Crippen molar-refractivity contribution in [2.45, 2.75) is 39.0 Å². The minimum atomic E-state index is -0.254. The average molecular weight is 306 g/mol. The van der Waals surface area contributed by atoms with Gasteiger partial charge >= 0.3 is 0 Å². The second-order valence-electron chi connectivity index (χ2n) is 6.24. The van der Waals surface area contributed by atoms with E-state index in [0.717, 1.165) is 5.76 Å². The standard InChI is InChI=1S/C16H22N2O4/c1-11-10-22-12(2)7-18(11)16(20)13-6-15(19)17(8-13)9-14-4-3-5-21-14/h3-5,11-13H,6-10H2,1-2H3/t11-,12+,13+/m0/s1. The number of furan rings is 1. The molecule has 2 saturated heterocycles. The SMILES string of the molecule is C[C@@H]1CN(C(=O)[C@@H]2CC(=O)N(Cc3ccco3)C2)[C@@H](C)CO1. The Bertz CT molecular complexity index is 542. The summed E-state index contributed by atoms with van der Waals surface area (Å²) in [5, 5.41) is 0. The Morgan fingerprint density at radius 1 is 1.36 bits per heavy atom. The number of amides is 2. The van der Waals surface area contributed by atoms with Gasteiger partial charge in [-0.05, 0) is 26.0 Å². The van der Waals surface area contributed by atoms with E-state index in [-0.39, 0.29) is 36.3 Å². The van der Waals surface area contributed by atoms with Gasteiger partial charge in [0.05, 0.1) is 37.5 Å². The van der Waals surface area contributed by atoms with Gasteiger partial charge in [0.15, 0.2) is 0 Å². The number of hydrogen-bond acceptors (Lipinski definition) is 4. The monoisotopic (exact) mass is 306 g/mol. The first-order valence-electron chi connectivity index (χ1n) is 7.77. The van der Waals surface area contributed by atoms with Crippen LogP contribution in [0, 0.1) is 5.92 Å². The van der Waals surface area contributed by atoms with Gasteiger partial charge in [0.1, 0.15) is 5.76 Å². The number of rotatable bonds is 3. The molecule has 1 aromatic heterocycles. The molecule has 3 atom stereocenters. The Kier molecular flexibility index (Phi) is 4.20. The van der Waals surface area contributed by atoms with E-state index in [0.29, 0.717) is 26.2 Å². The number of nitrogens with zero attached hydrogens (tertiary/aromatic N) is 2. The predicted molar refractivity (Wildman–Crippen MR) is 78.8 cm³/mol. The molecule has 0 aliphatic carbocycles. The van der Waals surface area contributed by atoms with Crippen molar-refractivity contribution in [3.8, 4) is 0 Å². The molecule has 3 heterocycles. The molecule has 2 aliphatic heterocycles. The molecule has 6 nitrogen and oxygen atoms in total. The highest BCUT2D eigenvalue weighted by molar-refractivity contribution is 5.89. The topological polar surface area (TPSA) is 63.0 Å². The van der Waals surface area contributed by atoms with Crippen molar-refractivity contribution in [3.05, 3.63) is 24.2 Å². The lowest BCUT2D eigenvalue weighted by atomic mass is 10.0. The number of morpholine rings is 1. The van der Waals surface area contributed by atoms with Crippen molar-refractivity contribution in [3.63, 3.8) is 0 Å². The molecule has 120 valence electrons. The molecule has 0 aromatic carbocycles. The van der Waals surface area contributed by atoms with E-state index >= 15 is 0 Å². The van der Waals surface area contributed by atoms with Crippen molar-refractivity contribution >= 4 is 11.8 Å². The van der Waals surface area contributed by atoms with Crippen LogP contribution in [0.4, 0.5) is 0 Å². The maximum atomic E-state index is 12.7. The van der Waals surface area contributed by atoms with Crippen LogP contribution in [0.2, 0.25) is 0 Å². The van der Waals surface area contributed by atoms with Crippen LogP contribution in [0.5, 0.6) is 0 Å². The van der Waals surface area contributed by atoms with Crippen LogP contribution < -0.4 is 0 Å². The molecule has 1 aromatic rings. The zero-order valence-electron chi connectivity index (χ0n) is 13.0. The van der Waals surface area contributed by atoms with Crippen molar-refractivity contribution in [2.75, 3.05) is 19.7 Å². The van der Waals surface area contributed by atoms with E-state index in [4.69, 9.17) is 9.15 Å². The lowest BCUT2D eigenvalue weighted by molar-refractivity contribution is -0.147. The van der Waals surface area contributed by atoms with Crippen LogP contribution in [0.25, 0.3) is 0 Å². The third kappa shape index (κ3) is 3.02. The molecular formula is C16H22N2O4. The second kappa shape index (κ2) is 6.12. The van der Waals surface area contributed by atoms with Gasteiger partial charge in [-0.15, -0.1) is 0 Å². The van der Waals surface area contributed by atoms with Gasteiger partial charge in [0.25, 0.3) is 0 Å². The van der Waals surface area contributed by atoms with Crippen LogP contribution in [0.15, 0.2) is 22.8 Å². The Balaban J connectivity index is 1.63. The summed E-state index contributed by atoms with van der Waals surface area (Å²) in [6.07, 6.45) is 1.93. The molecule has 22 heavy (non-hydrogen) atoms. The van der Waals surface area contributed by atoms with Crippen LogP contribution in [-0.2, 0) is 20.9 Å². The molecule has 3 rings (SSSR count). The average Bonchev–Trinajstić information content (AvgIpc) is 3.12. The first-order valence-corrected chi connectivity index (χ1v) is 7.77. The highest BCUT2D eigenvalue weighted by atomic mass is 16.5. The van der Waals surface area contributed by atoms with Gasteiger partial charge < -0.3 is 19.0 Å². The molecule has 0 bridgehead atoms. The van der Waals surface area contributed by atoms with Crippen LogP contribution >= 0.6 is 0 Å². The summed E-state index contributed by atoms with van der Waals surface area (Å²) in [7, 11) is 0. The minimum absolute atomic E-state index is 0.0173. The first-order chi connectivity index (χ1) is 10.5. The number of hydrogen-bond donors (Lipinski definition) is 0. The highest BCUT2D eigenvalue weighted by Gasteiger charge is 2.39. The molecular weight excluding hydrogens is 284 g/mol. The van der Waals surface area contributed by atoms with Crippen molar-refractivity contribution in [1.29, 1.82) is 0 Å². The molecule has 0 saturated carbocycles. The summed E-state index contributed by atoms with van der Waals surface area (Å²) >= 11 is 0. The quantitative estimate of drug-likeness (QED) is 0.843. The van der Waals surface area contributed by atoms with E-state index in [1.807, 2.05) is 24.8 Å². The zero-order chi connectivity index (χ0) is 15.7. The van der Waals surface area contributed by atoms with Crippen molar-refractivity contribution in [1.82, 2.24) is 9.80 Å². The smallest absolute Gasteiger partial charge is 0.228 e. The van der Waals surface area contributed by atoms with E-state index in [1.165, 1.54) is 0 Å². The Morgan fingerprint density at radius 3 is 2.91 bits per heavy atom. The highest BCUT2D eigenvalue weighted by Crippen LogP contribution is 2.24. The van der Waals surface area contributed by atoms with Gasteiger partial charge in [-0.1, -0.05) is 0 Å². The summed E-state index contributed by atoms with van der Waals surface area (Å²) in [4.78, 5) is 28.4. The number of carbonyl (C=O) groups excluding carboxylic acids is 2. The van der Waals surface area contributed by atoms with Crippen LogP contribution in [0.1, 0.15) is 26.0 Å². The second-order valence-corrected chi connectivity index (χ2v) is 6.24. The molecule has 0 spiro atoms. The minimum Gasteiger partial charge on any atom is -0.467 e. The molecule has 0 radical (unpaired) electrons. The summed E-state index contributed by atoms with van der Waals surface area (Å²) in [5.74, 6) is 0.576. The maximum absolute atomic E-state index is 12.7.